The number of rotatable bonds is 5. The number of amides is 1. The maximum Gasteiger partial charge on any atom is 0.235 e. The Balaban J connectivity index is 1.88. The molecule has 1 N–H and O–H groups in total. The lowest BCUT2D eigenvalue weighted by Gasteiger charge is -2.47. The molecule has 0 aromatic carbocycles. The van der Waals surface area contributed by atoms with E-state index in [-0.39, 0.29) is 23.6 Å². The molecule has 0 bridgehead atoms. The van der Waals surface area contributed by atoms with Gasteiger partial charge < -0.3 is 19.9 Å². The van der Waals surface area contributed by atoms with Gasteiger partial charge in [-0.1, -0.05) is 6.92 Å². The lowest BCUT2D eigenvalue weighted by molar-refractivity contribution is -0.678. The Hall–Kier alpha value is -1.86. The number of nitrogens with zero attached hydrogens (tertiary/aromatic N) is 2. The van der Waals surface area contributed by atoms with E-state index < -0.39 is 18.0 Å². The number of carboxylic acid groups (broad SMARTS) is 1. The second-order valence-corrected chi connectivity index (χ2v) is 7.79. The third kappa shape index (κ3) is 2.75. The highest BCUT2D eigenvalue weighted by atomic mass is 32.2. The van der Waals surface area contributed by atoms with Gasteiger partial charge in [0.15, 0.2) is 11.9 Å². The summed E-state index contributed by atoms with van der Waals surface area (Å²) in [5.41, 5.74) is 2.19. The Morgan fingerprint density at radius 3 is 2.80 bits per heavy atom. The maximum absolute atomic E-state index is 12.3. The van der Waals surface area contributed by atoms with Crippen molar-refractivity contribution < 1.29 is 24.4 Å². The number of aliphatic hydroxyl groups is 1. The van der Waals surface area contributed by atoms with Crippen molar-refractivity contribution >= 4 is 23.6 Å². The quantitative estimate of drug-likeness (QED) is 0.583. The number of carboxylic acids is 1. The van der Waals surface area contributed by atoms with Gasteiger partial charge in [-0.25, -0.2) is 4.57 Å². The summed E-state index contributed by atoms with van der Waals surface area (Å²) in [7, 11) is 1.96. The van der Waals surface area contributed by atoms with Gasteiger partial charge in [-0.3, -0.25) is 4.79 Å². The normalized spacial score (nSPS) is 26.5. The van der Waals surface area contributed by atoms with Crippen LogP contribution in [0.1, 0.15) is 25.1 Å². The Morgan fingerprint density at radius 2 is 2.20 bits per heavy atom. The lowest BCUT2D eigenvalue weighted by atomic mass is 9.79. The summed E-state index contributed by atoms with van der Waals surface area (Å²) in [6.07, 6.45) is 1.17. The van der Waals surface area contributed by atoms with Gasteiger partial charge in [0.05, 0.1) is 29.7 Å². The molecule has 2 aliphatic heterocycles. The van der Waals surface area contributed by atoms with Crippen molar-refractivity contribution in [1.82, 2.24) is 4.90 Å². The fourth-order valence-corrected chi connectivity index (χ4v) is 5.10. The number of thioether (sulfide) groups is 1. The minimum absolute atomic E-state index is 0.0256. The molecule has 6 nitrogen and oxygen atoms in total. The molecule has 0 radical (unpaired) electrons. The molecule has 3 heterocycles. The SMILES string of the molecule is Cc1c(CSC2=C(C(=O)[O-])N3C(=O)[C@H](C(C)O)C3[C@H]2C)ccc[n+]1C. The molecule has 2 unspecified atom stereocenters. The second kappa shape index (κ2) is 6.46. The van der Waals surface area contributed by atoms with Crippen molar-refractivity contribution in [3.8, 4) is 0 Å². The van der Waals surface area contributed by atoms with E-state index in [0.717, 1.165) is 11.3 Å². The molecule has 1 aromatic heterocycles. The smallest absolute Gasteiger partial charge is 0.235 e. The van der Waals surface area contributed by atoms with Crippen molar-refractivity contribution in [2.45, 2.75) is 38.7 Å². The summed E-state index contributed by atoms with van der Waals surface area (Å²) in [6, 6.07) is 3.67. The molecule has 1 amide bonds. The topological polar surface area (TPSA) is 84.5 Å². The molecule has 0 spiro atoms. The maximum atomic E-state index is 12.3. The number of carbonyl (C=O) groups is 2. The van der Waals surface area contributed by atoms with Gasteiger partial charge in [0, 0.05) is 35.1 Å². The first-order valence-electron chi connectivity index (χ1n) is 8.29. The van der Waals surface area contributed by atoms with E-state index in [1.807, 2.05) is 43.8 Å². The molecule has 2 aliphatic rings. The second-order valence-electron chi connectivity index (χ2n) is 6.77. The summed E-state index contributed by atoms with van der Waals surface area (Å²) < 4.78 is 2.02. The van der Waals surface area contributed by atoms with E-state index in [2.05, 4.69) is 0 Å². The van der Waals surface area contributed by atoms with Gasteiger partial charge in [0.1, 0.15) is 7.05 Å². The summed E-state index contributed by atoms with van der Waals surface area (Å²) in [5.74, 6) is -1.72. The Kier molecular flexibility index (Phi) is 4.64. The highest BCUT2D eigenvalue weighted by Crippen LogP contribution is 2.50. The Labute approximate surface area is 151 Å². The van der Waals surface area contributed by atoms with Crippen LogP contribution >= 0.6 is 11.8 Å². The molecule has 134 valence electrons. The van der Waals surface area contributed by atoms with Crippen LogP contribution in [0.4, 0.5) is 0 Å². The fraction of sp³-hybridized carbons (Fsp3) is 0.500. The van der Waals surface area contributed by atoms with E-state index >= 15 is 0 Å². The van der Waals surface area contributed by atoms with Gasteiger partial charge in [-0.15, -0.1) is 11.8 Å². The zero-order valence-corrected chi connectivity index (χ0v) is 15.5. The number of aryl methyl sites for hydroxylation is 1. The average molecular weight is 362 g/mol. The van der Waals surface area contributed by atoms with Crippen molar-refractivity contribution in [3.63, 3.8) is 0 Å². The molecule has 7 heteroatoms. The van der Waals surface area contributed by atoms with Crippen LogP contribution in [-0.2, 0) is 22.4 Å². The number of β-lactam (4-membered cyclic amide) rings is 1. The minimum atomic E-state index is -1.33. The zero-order valence-electron chi connectivity index (χ0n) is 14.7. The number of fused-ring (bicyclic) bond motifs is 1. The van der Waals surface area contributed by atoms with Gasteiger partial charge >= 0.3 is 0 Å². The zero-order chi connectivity index (χ0) is 18.5. The van der Waals surface area contributed by atoms with Crippen LogP contribution in [0.5, 0.6) is 0 Å². The molecule has 0 aliphatic carbocycles. The third-order valence-electron chi connectivity index (χ3n) is 5.29. The van der Waals surface area contributed by atoms with Crippen molar-refractivity contribution in [2.75, 3.05) is 0 Å². The van der Waals surface area contributed by atoms with E-state index in [1.165, 1.54) is 16.7 Å². The average Bonchev–Trinajstić information content (AvgIpc) is 2.77. The van der Waals surface area contributed by atoms with Crippen molar-refractivity contribution in [1.29, 1.82) is 0 Å². The largest absolute Gasteiger partial charge is 0.543 e. The first-order chi connectivity index (χ1) is 11.8. The number of aliphatic carboxylic acids is 1. The van der Waals surface area contributed by atoms with Crippen LogP contribution in [0, 0.1) is 18.8 Å². The van der Waals surface area contributed by atoms with E-state index in [9.17, 15) is 19.8 Å². The molecule has 1 saturated heterocycles. The van der Waals surface area contributed by atoms with Crippen molar-refractivity contribution in [3.05, 3.63) is 40.2 Å². The van der Waals surface area contributed by atoms with Crippen LogP contribution in [0.15, 0.2) is 28.9 Å². The summed E-state index contributed by atoms with van der Waals surface area (Å²) in [4.78, 5) is 25.9. The number of hydrogen-bond acceptors (Lipinski definition) is 5. The minimum Gasteiger partial charge on any atom is -0.543 e. The number of hydrogen-bond donors (Lipinski definition) is 1. The molecular formula is C18H22N2O4S. The summed E-state index contributed by atoms with van der Waals surface area (Å²) in [6.45, 7) is 5.50. The lowest BCUT2D eigenvalue weighted by Crippen LogP contribution is -2.64. The number of aromatic nitrogens is 1. The van der Waals surface area contributed by atoms with Gasteiger partial charge in [0.25, 0.3) is 0 Å². The predicted octanol–water partition coefficient (Wildman–Crippen LogP) is -0.128. The van der Waals surface area contributed by atoms with E-state index in [4.69, 9.17) is 0 Å². The Bertz CT molecular complexity index is 774. The van der Waals surface area contributed by atoms with Crippen LogP contribution in [-0.4, -0.2) is 34.0 Å². The van der Waals surface area contributed by atoms with E-state index in [1.54, 1.807) is 6.92 Å². The highest BCUT2D eigenvalue weighted by molar-refractivity contribution is 8.02. The van der Waals surface area contributed by atoms with Gasteiger partial charge in [0.2, 0.25) is 5.91 Å². The van der Waals surface area contributed by atoms with Gasteiger partial charge in [-0.2, -0.15) is 0 Å². The molecule has 3 rings (SSSR count). The third-order valence-corrected chi connectivity index (χ3v) is 6.62. The summed E-state index contributed by atoms with van der Waals surface area (Å²) >= 11 is 1.44. The first-order valence-corrected chi connectivity index (χ1v) is 9.27. The molecular weight excluding hydrogens is 340 g/mol. The monoisotopic (exact) mass is 362 g/mol. The van der Waals surface area contributed by atoms with Gasteiger partial charge in [-0.05, 0) is 13.0 Å². The van der Waals surface area contributed by atoms with Crippen LogP contribution < -0.4 is 9.67 Å². The van der Waals surface area contributed by atoms with Crippen LogP contribution in [0.25, 0.3) is 0 Å². The van der Waals surface area contributed by atoms with Crippen molar-refractivity contribution in [2.24, 2.45) is 18.9 Å². The highest BCUT2D eigenvalue weighted by Gasteiger charge is 2.58. The fourth-order valence-electron chi connectivity index (χ4n) is 3.76. The summed E-state index contributed by atoms with van der Waals surface area (Å²) in [5, 5.41) is 21.5. The number of aliphatic hydroxyl groups excluding tert-OH is 1. The van der Waals surface area contributed by atoms with Crippen LogP contribution in [0.2, 0.25) is 0 Å². The van der Waals surface area contributed by atoms with E-state index in [0.29, 0.717) is 10.7 Å². The Morgan fingerprint density at radius 1 is 1.52 bits per heavy atom. The first kappa shape index (κ1) is 17.9. The number of carbonyl (C=O) groups excluding carboxylic acids is 2. The molecule has 25 heavy (non-hydrogen) atoms. The predicted molar refractivity (Wildman–Crippen MR) is 90.7 cm³/mol. The molecule has 0 saturated carbocycles. The number of pyridine rings is 1. The van der Waals surface area contributed by atoms with Crippen LogP contribution in [0.3, 0.4) is 0 Å². The molecule has 1 aromatic rings. The molecule has 1 fully saturated rings. The molecule has 4 atom stereocenters. The standard InChI is InChI=1S/C18H22N2O4S/c1-9-14-13(11(3)21)17(22)20(14)15(18(23)24)16(9)25-8-12-6-5-7-19(4)10(12)2/h5-7,9,11,13-14,21H,8H2,1-4H3/t9-,11?,13-,14?/m1/s1.